The van der Waals surface area contributed by atoms with Gasteiger partial charge in [0, 0.05) is 19.5 Å². The lowest BCUT2D eigenvalue weighted by molar-refractivity contribution is -0.131. The predicted octanol–water partition coefficient (Wildman–Crippen LogP) is 3.16. The van der Waals surface area contributed by atoms with Crippen molar-refractivity contribution in [2.75, 3.05) is 6.54 Å². The number of hydrogen-bond donors (Lipinski definition) is 1. The van der Waals surface area contributed by atoms with Gasteiger partial charge in [0.2, 0.25) is 17.7 Å². The monoisotopic (exact) mass is 383 g/mol. The minimum Gasteiger partial charge on any atom is -0.440 e. The van der Waals surface area contributed by atoms with Gasteiger partial charge in [0.1, 0.15) is 5.76 Å². The van der Waals surface area contributed by atoms with Gasteiger partial charge in [-0.25, -0.2) is 4.98 Å². The van der Waals surface area contributed by atoms with E-state index < -0.39 is 5.91 Å². The van der Waals surface area contributed by atoms with E-state index in [1.54, 1.807) is 11.8 Å². The summed E-state index contributed by atoms with van der Waals surface area (Å²) in [6, 6.07) is 13.5. The normalized spacial score (nSPS) is 10.7. The number of nitrogens with two attached hydrogens (primary N) is 1. The zero-order valence-electron chi connectivity index (χ0n) is 15.1. The molecule has 2 heterocycles. The maximum Gasteiger partial charge on any atom is 0.236 e. The highest BCUT2D eigenvalue weighted by atomic mass is 32.1. The number of benzene rings is 1. The van der Waals surface area contributed by atoms with Gasteiger partial charge < -0.3 is 15.1 Å². The van der Waals surface area contributed by atoms with E-state index in [-0.39, 0.29) is 25.3 Å². The number of thiophene rings is 1. The maximum absolute atomic E-state index is 12.9. The van der Waals surface area contributed by atoms with Crippen LogP contribution >= 0.6 is 11.3 Å². The van der Waals surface area contributed by atoms with E-state index in [1.807, 2.05) is 47.8 Å². The van der Waals surface area contributed by atoms with Gasteiger partial charge in [-0.15, -0.1) is 11.3 Å². The molecule has 2 N–H and O–H groups in total. The summed E-state index contributed by atoms with van der Waals surface area (Å²) in [5, 5.41) is 1.95. The number of nitrogens with zero attached hydrogens (tertiary/aromatic N) is 2. The lowest BCUT2D eigenvalue weighted by Crippen LogP contribution is -2.34. The van der Waals surface area contributed by atoms with Gasteiger partial charge in [-0.1, -0.05) is 36.4 Å². The Morgan fingerprint density at radius 2 is 1.96 bits per heavy atom. The van der Waals surface area contributed by atoms with Gasteiger partial charge in [-0.3, -0.25) is 9.59 Å². The average Bonchev–Trinajstić information content (AvgIpc) is 3.29. The van der Waals surface area contributed by atoms with Crippen LogP contribution in [0.15, 0.2) is 52.3 Å². The first-order valence-electron chi connectivity index (χ1n) is 8.63. The fourth-order valence-corrected chi connectivity index (χ4v) is 3.34. The number of amides is 2. The van der Waals surface area contributed by atoms with E-state index in [9.17, 15) is 9.59 Å². The number of oxazole rings is 1. The molecule has 0 spiro atoms. The molecular weight excluding hydrogens is 362 g/mol. The molecule has 1 aromatic carbocycles. The summed E-state index contributed by atoms with van der Waals surface area (Å²) in [5.41, 5.74) is 6.87. The van der Waals surface area contributed by atoms with Crippen LogP contribution in [-0.4, -0.2) is 28.2 Å². The van der Waals surface area contributed by atoms with Crippen molar-refractivity contribution < 1.29 is 14.0 Å². The van der Waals surface area contributed by atoms with Crippen LogP contribution < -0.4 is 5.73 Å². The predicted molar refractivity (Wildman–Crippen MR) is 104 cm³/mol. The number of hydrogen-bond acceptors (Lipinski definition) is 5. The van der Waals surface area contributed by atoms with E-state index in [1.165, 1.54) is 11.3 Å². The Bertz CT molecular complexity index is 904. The van der Waals surface area contributed by atoms with E-state index in [4.69, 9.17) is 10.2 Å². The SMILES string of the molecule is Cc1oc(-c2cccs2)nc1CC(=O)N(CCC(N)=O)Cc1ccccc1. The summed E-state index contributed by atoms with van der Waals surface area (Å²) in [7, 11) is 0. The summed E-state index contributed by atoms with van der Waals surface area (Å²) in [6.45, 7) is 2.50. The van der Waals surface area contributed by atoms with Crippen LogP contribution in [0.25, 0.3) is 10.8 Å². The van der Waals surface area contributed by atoms with Crippen molar-refractivity contribution in [2.45, 2.75) is 26.3 Å². The number of primary amides is 1. The third kappa shape index (κ3) is 5.04. The molecule has 0 aliphatic heterocycles. The van der Waals surface area contributed by atoms with Crippen molar-refractivity contribution >= 4 is 23.2 Å². The van der Waals surface area contributed by atoms with Crippen LogP contribution in [0, 0.1) is 6.92 Å². The highest BCUT2D eigenvalue weighted by Crippen LogP contribution is 2.26. The number of aryl methyl sites for hydroxylation is 1. The van der Waals surface area contributed by atoms with Crippen LogP contribution in [0.3, 0.4) is 0 Å². The van der Waals surface area contributed by atoms with Crippen LogP contribution in [0.2, 0.25) is 0 Å². The molecule has 0 fully saturated rings. The number of aromatic nitrogens is 1. The van der Waals surface area contributed by atoms with Gasteiger partial charge in [-0.2, -0.15) is 0 Å². The van der Waals surface area contributed by atoms with Crippen molar-refractivity contribution in [2.24, 2.45) is 5.73 Å². The Balaban J connectivity index is 1.74. The molecule has 2 aromatic heterocycles. The molecule has 0 saturated carbocycles. The van der Waals surface area contributed by atoms with Crippen molar-refractivity contribution in [3.8, 4) is 10.8 Å². The van der Waals surface area contributed by atoms with E-state index in [2.05, 4.69) is 4.98 Å². The van der Waals surface area contributed by atoms with E-state index in [0.717, 1.165) is 10.4 Å². The Hall–Kier alpha value is -2.93. The Morgan fingerprint density at radius 3 is 2.63 bits per heavy atom. The molecular formula is C20H21N3O3S. The third-order valence-corrected chi connectivity index (χ3v) is 5.00. The first-order valence-corrected chi connectivity index (χ1v) is 9.51. The van der Waals surface area contributed by atoms with Crippen LogP contribution in [0.4, 0.5) is 0 Å². The summed E-state index contributed by atoms with van der Waals surface area (Å²) in [4.78, 5) is 31.1. The van der Waals surface area contributed by atoms with Crippen molar-refractivity contribution in [1.29, 1.82) is 0 Å². The van der Waals surface area contributed by atoms with Gasteiger partial charge >= 0.3 is 0 Å². The molecule has 0 aliphatic carbocycles. The number of carbonyl (C=O) groups is 2. The minimum absolute atomic E-state index is 0.116. The van der Waals surface area contributed by atoms with Crippen LogP contribution in [-0.2, 0) is 22.6 Å². The molecule has 0 unspecified atom stereocenters. The molecule has 140 valence electrons. The van der Waals surface area contributed by atoms with Crippen molar-refractivity contribution in [3.05, 3.63) is 64.9 Å². The van der Waals surface area contributed by atoms with Gasteiger partial charge in [0.25, 0.3) is 0 Å². The average molecular weight is 383 g/mol. The quantitative estimate of drug-likeness (QED) is 0.647. The second-order valence-corrected chi connectivity index (χ2v) is 7.14. The fourth-order valence-electron chi connectivity index (χ4n) is 2.69. The molecule has 0 atom stereocenters. The number of carbonyl (C=O) groups excluding carboxylic acids is 2. The highest BCUT2D eigenvalue weighted by molar-refractivity contribution is 7.13. The summed E-state index contributed by atoms with van der Waals surface area (Å²) in [5.74, 6) is 0.603. The Labute approximate surface area is 161 Å². The minimum atomic E-state index is -0.432. The van der Waals surface area contributed by atoms with Gasteiger partial charge in [0.05, 0.1) is 17.0 Å². The summed E-state index contributed by atoms with van der Waals surface area (Å²) in [6.07, 6.45) is 0.239. The molecule has 3 rings (SSSR count). The molecule has 27 heavy (non-hydrogen) atoms. The zero-order chi connectivity index (χ0) is 19.2. The molecule has 3 aromatic rings. The fraction of sp³-hybridized carbons (Fsp3) is 0.250. The van der Waals surface area contributed by atoms with Gasteiger partial charge in [-0.05, 0) is 23.9 Å². The Morgan fingerprint density at radius 1 is 1.19 bits per heavy atom. The van der Waals surface area contributed by atoms with Crippen molar-refractivity contribution in [1.82, 2.24) is 9.88 Å². The van der Waals surface area contributed by atoms with E-state index >= 15 is 0 Å². The van der Waals surface area contributed by atoms with E-state index in [0.29, 0.717) is 23.9 Å². The van der Waals surface area contributed by atoms with Gasteiger partial charge in [0.15, 0.2) is 0 Å². The molecule has 7 heteroatoms. The molecule has 0 bridgehead atoms. The molecule has 0 aliphatic rings. The Kier molecular flexibility index (Phi) is 6.03. The maximum atomic E-state index is 12.9. The standard InChI is InChI=1S/C20H21N3O3S/c1-14-16(22-20(26-14)17-8-5-11-27-17)12-19(25)23(10-9-18(21)24)13-15-6-3-2-4-7-15/h2-8,11H,9-10,12-13H2,1H3,(H2,21,24). The largest absolute Gasteiger partial charge is 0.440 e. The summed E-state index contributed by atoms with van der Waals surface area (Å²) >= 11 is 1.53. The van der Waals surface area contributed by atoms with Crippen molar-refractivity contribution in [3.63, 3.8) is 0 Å². The highest BCUT2D eigenvalue weighted by Gasteiger charge is 2.20. The summed E-state index contributed by atoms with van der Waals surface area (Å²) < 4.78 is 5.71. The second-order valence-electron chi connectivity index (χ2n) is 6.19. The third-order valence-electron chi connectivity index (χ3n) is 4.14. The second kappa shape index (κ2) is 8.64. The molecule has 2 amide bonds. The molecule has 6 nitrogen and oxygen atoms in total. The zero-order valence-corrected chi connectivity index (χ0v) is 15.9. The van der Waals surface area contributed by atoms with Crippen LogP contribution in [0.1, 0.15) is 23.4 Å². The first kappa shape index (κ1) is 18.8. The van der Waals surface area contributed by atoms with Crippen LogP contribution in [0.5, 0.6) is 0 Å². The lowest BCUT2D eigenvalue weighted by Gasteiger charge is -2.22. The number of rotatable bonds is 8. The first-order chi connectivity index (χ1) is 13.0. The molecule has 0 saturated heterocycles. The molecule has 0 radical (unpaired) electrons. The smallest absolute Gasteiger partial charge is 0.236 e. The topological polar surface area (TPSA) is 89.4 Å². The lowest BCUT2D eigenvalue weighted by atomic mass is 10.2.